The minimum absolute atomic E-state index is 0.0953. The molecule has 0 spiro atoms. The summed E-state index contributed by atoms with van der Waals surface area (Å²) >= 11 is 0. The van der Waals surface area contributed by atoms with E-state index >= 15 is 0 Å². The number of amides is 1. The highest BCUT2D eigenvalue weighted by atomic mass is 16.5. The van der Waals surface area contributed by atoms with Crippen molar-refractivity contribution in [3.8, 4) is 0 Å². The predicted octanol–water partition coefficient (Wildman–Crippen LogP) is 1.94. The van der Waals surface area contributed by atoms with Gasteiger partial charge in [0.15, 0.2) is 0 Å². The third-order valence-electron chi connectivity index (χ3n) is 3.29. The zero-order chi connectivity index (χ0) is 13.8. The summed E-state index contributed by atoms with van der Waals surface area (Å²) < 4.78 is 4.88. The average molecular weight is 258 g/mol. The van der Waals surface area contributed by atoms with Gasteiger partial charge in [0.25, 0.3) is 0 Å². The van der Waals surface area contributed by atoms with Gasteiger partial charge in [-0.25, -0.2) is 0 Å². The number of hydrogen-bond acceptors (Lipinski definition) is 3. The summed E-state index contributed by atoms with van der Waals surface area (Å²) in [7, 11) is 1.63. The van der Waals surface area contributed by atoms with Gasteiger partial charge in [-0.15, -0.1) is 0 Å². The summed E-state index contributed by atoms with van der Waals surface area (Å²) in [5.74, 6) is 0.843. The Morgan fingerprint density at radius 3 is 2.50 bits per heavy atom. The Morgan fingerprint density at radius 2 is 1.94 bits per heavy atom. The first-order chi connectivity index (χ1) is 8.63. The van der Waals surface area contributed by atoms with E-state index in [2.05, 4.69) is 31.4 Å². The van der Waals surface area contributed by atoms with Crippen molar-refractivity contribution in [1.82, 2.24) is 10.6 Å². The molecule has 0 aliphatic carbocycles. The first-order valence-electron chi connectivity index (χ1n) is 7.12. The Kier molecular flexibility index (Phi) is 11.1. The molecule has 0 saturated carbocycles. The van der Waals surface area contributed by atoms with Crippen LogP contribution in [0.1, 0.15) is 46.5 Å². The van der Waals surface area contributed by atoms with Crippen LogP contribution in [0.2, 0.25) is 0 Å². The topological polar surface area (TPSA) is 50.4 Å². The van der Waals surface area contributed by atoms with Crippen molar-refractivity contribution in [2.45, 2.75) is 52.5 Å². The van der Waals surface area contributed by atoms with Crippen LogP contribution >= 0.6 is 0 Å². The van der Waals surface area contributed by atoms with Crippen molar-refractivity contribution in [2.75, 3.05) is 26.8 Å². The molecule has 0 aromatic rings. The highest BCUT2D eigenvalue weighted by molar-refractivity contribution is 5.76. The minimum Gasteiger partial charge on any atom is -0.383 e. The Balaban J connectivity index is 3.63. The largest absolute Gasteiger partial charge is 0.383 e. The second-order valence-corrected chi connectivity index (χ2v) is 4.90. The summed E-state index contributed by atoms with van der Waals surface area (Å²) in [4.78, 5) is 11.5. The molecule has 0 saturated heterocycles. The molecule has 0 bridgehead atoms. The van der Waals surface area contributed by atoms with Gasteiger partial charge in [-0.05, 0) is 18.8 Å². The normalized spacial score (nSPS) is 14.2. The molecule has 2 N–H and O–H groups in total. The molecule has 4 heteroatoms. The van der Waals surface area contributed by atoms with E-state index in [1.165, 1.54) is 12.8 Å². The highest BCUT2D eigenvalue weighted by Gasteiger charge is 2.10. The van der Waals surface area contributed by atoms with Crippen molar-refractivity contribution in [1.29, 1.82) is 0 Å². The van der Waals surface area contributed by atoms with Crippen LogP contribution in [0.25, 0.3) is 0 Å². The molecule has 0 aromatic heterocycles. The molecular formula is C14H30N2O2. The van der Waals surface area contributed by atoms with Crippen LogP contribution in [-0.4, -0.2) is 38.8 Å². The molecule has 0 radical (unpaired) electrons. The van der Waals surface area contributed by atoms with Gasteiger partial charge >= 0.3 is 0 Å². The van der Waals surface area contributed by atoms with Crippen molar-refractivity contribution in [2.24, 2.45) is 5.92 Å². The summed E-state index contributed by atoms with van der Waals surface area (Å²) in [6, 6.07) is 0.534. The van der Waals surface area contributed by atoms with E-state index in [-0.39, 0.29) is 5.91 Å². The maximum absolute atomic E-state index is 11.5. The first-order valence-corrected chi connectivity index (χ1v) is 7.12. The van der Waals surface area contributed by atoms with Crippen LogP contribution in [0, 0.1) is 5.92 Å². The van der Waals surface area contributed by atoms with Crippen LogP contribution in [0.15, 0.2) is 0 Å². The van der Waals surface area contributed by atoms with Crippen molar-refractivity contribution in [3.05, 3.63) is 0 Å². The standard InChI is InChI=1S/C14H30N2O2/c1-5-12(3)11-13(6-2)15-8-7-14(17)16-9-10-18-4/h12-13,15H,5-11H2,1-4H3,(H,16,17). The second-order valence-electron chi connectivity index (χ2n) is 4.90. The summed E-state index contributed by atoms with van der Waals surface area (Å²) in [5, 5.41) is 6.29. The van der Waals surface area contributed by atoms with Crippen LogP contribution in [-0.2, 0) is 9.53 Å². The molecule has 0 heterocycles. The Labute approximate surface area is 112 Å². The summed E-state index contributed by atoms with van der Waals surface area (Å²) in [6.45, 7) is 8.62. The third-order valence-corrected chi connectivity index (χ3v) is 3.29. The molecule has 0 aliphatic rings. The first kappa shape index (κ1) is 17.4. The van der Waals surface area contributed by atoms with Gasteiger partial charge in [0.05, 0.1) is 6.61 Å². The van der Waals surface area contributed by atoms with Gasteiger partial charge in [0, 0.05) is 32.7 Å². The molecule has 0 fully saturated rings. The number of carbonyl (C=O) groups is 1. The molecule has 0 aliphatic heterocycles. The number of carbonyl (C=O) groups excluding carboxylic acids is 1. The monoisotopic (exact) mass is 258 g/mol. The van der Waals surface area contributed by atoms with Gasteiger partial charge in [-0.2, -0.15) is 0 Å². The van der Waals surface area contributed by atoms with Gasteiger partial charge in [-0.1, -0.05) is 27.2 Å². The van der Waals surface area contributed by atoms with E-state index < -0.39 is 0 Å². The van der Waals surface area contributed by atoms with Crippen LogP contribution in [0.4, 0.5) is 0 Å². The molecule has 2 atom stereocenters. The maximum atomic E-state index is 11.5. The summed E-state index contributed by atoms with van der Waals surface area (Å²) in [5.41, 5.74) is 0. The van der Waals surface area contributed by atoms with E-state index in [1.54, 1.807) is 7.11 Å². The van der Waals surface area contributed by atoms with Crippen molar-refractivity contribution < 1.29 is 9.53 Å². The van der Waals surface area contributed by atoms with Crippen LogP contribution in [0.3, 0.4) is 0 Å². The average Bonchev–Trinajstić information content (AvgIpc) is 2.37. The lowest BCUT2D eigenvalue weighted by molar-refractivity contribution is -0.121. The fourth-order valence-electron chi connectivity index (χ4n) is 1.82. The molecule has 1 amide bonds. The second kappa shape index (κ2) is 11.5. The molecular weight excluding hydrogens is 228 g/mol. The number of rotatable bonds is 11. The zero-order valence-corrected chi connectivity index (χ0v) is 12.4. The lowest BCUT2D eigenvalue weighted by atomic mass is 9.98. The third kappa shape index (κ3) is 9.42. The number of nitrogens with one attached hydrogen (secondary N) is 2. The number of methoxy groups -OCH3 is 1. The van der Waals surface area contributed by atoms with Gasteiger partial charge < -0.3 is 15.4 Å². The Bertz CT molecular complexity index is 210. The smallest absolute Gasteiger partial charge is 0.221 e. The Hall–Kier alpha value is -0.610. The van der Waals surface area contributed by atoms with Crippen molar-refractivity contribution in [3.63, 3.8) is 0 Å². The van der Waals surface area contributed by atoms with Crippen LogP contribution in [0.5, 0.6) is 0 Å². The molecule has 18 heavy (non-hydrogen) atoms. The van der Waals surface area contributed by atoms with Crippen molar-refractivity contribution >= 4 is 5.91 Å². The number of hydrogen-bond donors (Lipinski definition) is 2. The maximum Gasteiger partial charge on any atom is 0.221 e. The van der Waals surface area contributed by atoms with E-state index in [9.17, 15) is 4.79 Å². The molecule has 0 rings (SSSR count). The van der Waals surface area contributed by atoms with E-state index in [0.717, 1.165) is 18.9 Å². The van der Waals surface area contributed by atoms with Crippen LogP contribution < -0.4 is 10.6 Å². The predicted molar refractivity (Wildman–Crippen MR) is 75.7 cm³/mol. The SMILES string of the molecule is CCC(C)CC(CC)NCCC(=O)NCCOC. The fourth-order valence-corrected chi connectivity index (χ4v) is 1.82. The molecule has 2 unspecified atom stereocenters. The summed E-state index contributed by atoms with van der Waals surface area (Å²) in [6.07, 6.45) is 4.07. The minimum atomic E-state index is 0.0953. The van der Waals surface area contributed by atoms with Gasteiger partial charge in [-0.3, -0.25) is 4.79 Å². The lowest BCUT2D eigenvalue weighted by Gasteiger charge is -2.20. The fraction of sp³-hybridized carbons (Fsp3) is 0.929. The lowest BCUT2D eigenvalue weighted by Crippen LogP contribution is -2.35. The zero-order valence-electron chi connectivity index (χ0n) is 12.4. The van der Waals surface area contributed by atoms with Gasteiger partial charge in [0.1, 0.15) is 0 Å². The quantitative estimate of drug-likeness (QED) is 0.557. The number of ether oxygens (including phenoxy) is 1. The molecule has 108 valence electrons. The van der Waals surface area contributed by atoms with E-state index in [1.807, 2.05) is 0 Å². The molecule has 4 nitrogen and oxygen atoms in total. The Morgan fingerprint density at radius 1 is 1.22 bits per heavy atom. The van der Waals surface area contributed by atoms with Gasteiger partial charge in [0.2, 0.25) is 5.91 Å². The molecule has 0 aromatic carbocycles. The highest BCUT2D eigenvalue weighted by Crippen LogP contribution is 2.11. The van der Waals surface area contributed by atoms with E-state index in [4.69, 9.17) is 4.74 Å². The van der Waals surface area contributed by atoms with E-state index in [0.29, 0.717) is 25.6 Å².